The van der Waals surface area contributed by atoms with Crippen molar-refractivity contribution in [2.45, 2.75) is 13.1 Å². The molecule has 0 aliphatic carbocycles. The molecular weight excluding hydrogens is 358 g/mol. The number of aliphatic hydroxyl groups excluding tert-OH is 1. The van der Waals surface area contributed by atoms with Crippen LogP contribution in [0.4, 0.5) is 11.8 Å². The van der Waals surface area contributed by atoms with Crippen molar-refractivity contribution in [3.05, 3.63) is 34.6 Å². The molecule has 0 fully saturated rings. The molecule has 3 heterocycles. The van der Waals surface area contributed by atoms with Gasteiger partial charge in [0.05, 0.1) is 32.6 Å². The molecule has 0 aliphatic rings. The summed E-state index contributed by atoms with van der Waals surface area (Å²) in [7, 11) is 1.49. The number of rotatable bonds is 7. The Balaban J connectivity index is 2.24. The molecule has 0 radical (unpaired) electrons. The fourth-order valence-corrected chi connectivity index (χ4v) is 2.68. The highest BCUT2D eigenvalue weighted by Crippen LogP contribution is 2.24. The molecular formula is C15H19N7O5. The molecule has 3 aromatic heterocycles. The van der Waals surface area contributed by atoms with Crippen molar-refractivity contribution in [3.8, 4) is 0 Å². The molecule has 0 spiro atoms. The lowest BCUT2D eigenvalue weighted by Gasteiger charge is -2.16. The van der Waals surface area contributed by atoms with Crippen molar-refractivity contribution in [3.63, 3.8) is 0 Å². The number of amides is 1. The summed E-state index contributed by atoms with van der Waals surface area (Å²) in [5.74, 6) is 5.03. The van der Waals surface area contributed by atoms with Crippen LogP contribution in [0.3, 0.4) is 0 Å². The molecule has 1 amide bonds. The molecule has 0 saturated heterocycles. The highest BCUT2D eigenvalue weighted by molar-refractivity contribution is 6.06. The van der Waals surface area contributed by atoms with Crippen LogP contribution in [0.2, 0.25) is 0 Å². The fourth-order valence-electron chi connectivity index (χ4n) is 2.68. The van der Waals surface area contributed by atoms with Crippen LogP contribution in [0.1, 0.15) is 10.6 Å². The van der Waals surface area contributed by atoms with E-state index in [9.17, 15) is 14.7 Å². The monoisotopic (exact) mass is 377 g/mol. The van der Waals surface area contributed by atoms with Gasteiger partial charge in [-0.25, -0.2) is 15.6 Å². The first kappa shape index (κ1) is 18.6. The van der Waals surface area contributed by atoms with Crippen LogP contribution in [0.5, 0.6) is 0 Å². The number of hydrazine groups is 1. The number of imidazole rings is 1. The summed E-state index contributed by atoms with van der Waals surface area (Å²) < 4.78 is 12.7. The zero-order chi connectivity index (χ0) is 19.6. The minimum absolute atomic E-state index is 0.0107. The van der Waals surface area contributed by atoms with E-state index in [0.29, 0.717) is 0 Å². The third kappa shape index (κ3) is 3.28. The van der Waals surface area contributed by atoms with E-state index >= 15 is 0 Å². The Morgan fingerprint density at radius 3 is 2.78 bits per heavy atom. The van der Waals surface area contributed by atoms with Gasteiger partial charge in [0.25, 0.3) is 0 Å². The number of nitrogens with two attached hydrogens (primary N) is 2. The quantitative estimate of drug-likeness (QED) is 0.264. The highest BCUT2D eigenvalue weighted by atomic mass is 16.5. The summed E-state index contributed by atoms with van der Waals surface area (Å²) >= 11 is 0. The van der Waals surface area contributed by atoms with Crippen LogP contribution in [0.15, 0.2) is 27.6 Å². The standard InChI is InChI=1S/C15H19N7O5/c1-26-8-5-20-10-11(21(4-6-23)15(20)25)18-14(16)19-12(10)22(17)13(24)9-3-2-7-27-9/h2-3,7,23H,4-6,8,17H2,1H3,(H2,16,18,19). The summed E-state index contributed by atoms with van der Waals surface area (Å²) in [5.41, 5.74) is 5.64. The highest BCUT2D eigenvalue weighted by Gasteiger charge is 2.26. The number of ether oxygens (including phenoxy) is 1. The Bertz CT molecular complexity index is 1010. The number of carbonyl (C=O) groups is 1. The maximum absolute atomic E-state index is 12.8. The molecule has 0 bridgehead atoms. The first-order chi connectivity index (χ1) is 13.0. The first-order valence-electron chi connectivity index (χ1n) is 7.98. The van der Waals surface area contributed by atoms with Gasteiger partial charge in [-0.05, 0) is 12.1 Å². The van der Waals surface area contributed by atoms with Gasteiger partial charge < -0.3 is 20.0 Å². The van der Waals surface area contributed by atoms with Crippen molar-refractivity contribution in [2.24, 2.45) is 5.84 Å². The Hall–Kier alpha value is -3.22. The molecule has 0 atom stereocenters. The number of methoxy groups -OCH3 is 1. The molecule has 3 rings (SSSR count). The number of furan rings is 1. The predicted molar refractivity (Wildman–Crippen MR) is 94.9 cm³/mol. The number of aliphatic hydroxyl groups is 1. The largest absolute Gasteiger partial charge is 0.459 e. The number of hydrogen-bond donors (Lipinski definition) is 3. The van der Waals surface area contributed by atoms with E-state index in [-0.39, 0.29) is 55.0 Å². The fraction of sp³-hybridized carbons (Fsp3) is 0.333. The van der Waals surface area contributed by atoms with Crippen LogP contribution in [0, 0.1) is 0 Å². The van der Waals surface area contributed by atoms with Crippen molar-refractivity contribution in [1.29, 1.82) is 0 Å². The van der Waals surface area contributed by atoms with Crippen molar-refractivity contribution in [1.82, 2.24) is 19.1 Å². The molecule has 3 aromatic rings. The van der Waals surface area contributed by atoms with E-state index in [1.165, 1.54) is 34.6 Å². The van der Waals surface area contributed by atoms with Crippen LogP contribution in [-0.4, -0.2) is 50.4 Å². The molecule has 5 N–H and O–H groups in total. The van der Waals surface area contributed by atoms with E-state index in [4.69, 9.17) is 20.7 Å². The SMILES string of the molecule is COCCn1c(=O)n(CCO)c2nc(N)nc(N(N)C(=O)c3ccco3)c21. The van der Waals surface area contributed by atoms with Gasteiger partial charge in [0.2, 0.25) is 5.95 Å². The van der Waals surface area contributed by atoms with Crippen LogP contribution in [0.25, 0.3) is 11.2 Å². The summed E-state index contributed by atoms with van der Waals surface area (Å²) in [6, 6.07) is 2.98. The van der Waals surface area contributed by atoms with Gasteiger partial charge in [0.1, 0.15) is 5.52 Å². The molecule has 27 heavy (non-hydrogen) atoms. The third-order valence-electron chi connectivity index (χ3n) is 3.87. The average molecular weight is 377 g/mol. The van der Waals surface area contributed by atoms with Gasteiger partial charge in [-0.1, -0.05) is 0 Å². The van der Waals surface area contributed by atoms with Gasteiger partial charge in [0, 0.05) is 7.11 Å². The normalized spacial score (nSPS) is 11.2. The second-order valence-corrected chi connectivity index (χ2v) is 5.53. The van der Waals surface area contributed by atoms with Crippen molar-refractivity contribution in [2.75, 3.05) is 31.1 Å². The number of aromatic nitrogens is 4. The van der Waals surface area contributed by atoms with Gasteiger partial charge >= 0.3 is 11.6 Å². The number of nitrogen functional groups attached to an aromatic ring is 1. The molecule has 0 saturated carbocycles. The predicted octanol–water partition coefficient (Wildman–Crippen LogP) is -1.07. The van der Waals surface area contributed by atoms with E-state index in [1.807, 2.05) is 0 Å². The number of nitrogens with zero attached hydrogens (tertiary/aromatic N) is 5. The number of fused-ring (bicyclic) bond motifs is 1. The molecule has 12 heteroatoms. The second-order valence-electron chi connectivity index (χ2n) is 5.53. The van der Waals surface area contributed by atoms with Crippen LogP contribution < -0.4 is 22.3 Å². The summed E-state index contributed by atoms with van der Waals surface area (Å²) in [6.07, 6.45) is 1.33. The van der Waals surface area contributed by atoms with E-state index in [1.54, 1.807) is 0 Å². The summed E-state index contributed by atoms with van der Waals surface area (Å²) in [4.78, 5) is 33.4. The van der Waals surface area contributed by atoms with Gasteiger partial charge in [-0.3, -0.25) is 13.9 Å². The van der Waals surface area contributed by atoms with Crippen molar-refractivity contribution < 1.29 is 19.1 Å². The lowest BCUT2D eigenvalue weighted by molar-refractivity contribution is 0.0959. The van der Waals surface area contributed by atoms with E-state index in [0.717, 1.165) is 5.01 Å². The minimum atomic E-state index is -0.681. The lowest BCUT2D eigenvalue weighted by atomic mass is 10.4. The zero-order valence-electron chi connectivity index (χ0n) is 14.5. The summed E-state index contributed by atoms with van der Waals surface area (Å²) in [6.45, 7) is 0.0775. The molecule has 12 nitrogen and oxygen atoms in total. The van der Waals surface area contributed by atoms with Crippen molar-refractivity contribution >= 4 is 28.8 Å². The van der Waals surface area contributed by atoms with Crippen LogP contribution >= 0.6 is 0 Å². The van der Waals surface area contributed by atoms with Gasteiger partial charge in [-0.2, -0.15) is 9.97 Å². The Morgan fingerprint density at radius 1 is 1.37 bits per heavy atom. The number of carbonyl (C=O) groups excluding carboxylic acids is 1. The average Bonchev–Trinajstić information content (AvgIpc) is 3.27. The molecule has 0 aliphatic heterocycles. The zero-order valence-corrected chi connectivity index (χ0v) is 14.5. The molecule has 0 aromatic carbocycles. The maximum atomic E-state index is 12.8. The molecule has 144 valence electrons. The molecule has 0 unspecified atom stereocenters. The van der Waals surface area contributed by atoms with Gasteiger partial charge in [-0.15, -0.1) is 0 Å². The smallest absolute Gasteiger partial charge is 0.330 e. The van der Waals surface area contributed by atoms with Crippen LogP contribution in [-0.2, 0) is 17.8 Å². The number of anilines is 2. The Morgan fingerprint density at radius 2 is 2.15 bits per heavy atom. The van der Waals surface area contributed by atoms with E-state index < -0.39 is 11.6 Å². The summed E-state index contributed by atoms with van der Waals surface area (Å²) in [5, 5.41) is 10.0. The Kier molecular flexibility index (Phi) is 5.21. The second kappa shape index (κ2) is 7.57. The topological polar surface area (TPSA) is 168 Å². The Labute approximate surface area is 152 Å². The third-order valence-corrected chi connectivity index (χ3v) is 3.87. The maximum Gasteiger partial charge on any atom is 0.330 e. The number of hydrogen-bond acceptors (Lipinski definition) is 9. The van der Waals surface area contributed by atoms with Gasteiger partial charge in [0.15, 0.2) is 17.2 Å². The first-order valence-corrected chi connectivity index (χ1v) is 7.98. The minimum Gasteiger partial charge on any atom is -0.459 e. The lowest BCUT2D eigenvalue weighted by Crippen LogP contribution is -2.38. The van der Waals surface area contributed by atoms with E-state index in [2.05, 4.69) is 9.97 Å².